The molecule has 0 amide bonds. The summed E-state index contributed by atoms with van der Waals surface area (Å²) < 4.78 is 0. The lowest BCUT2D eigenvalue weighted by Gasteiger charge is -2.15. The van der Waals surface area contributed by atoms with Gasteiger partial charge in [-0.2, -0.15) is 0 Å². The highest BCUT2D eigenvalue weighted by Gasteiger charge is 2.10. The SMILES string of the molecule is CC(C)(C)/C=C\C[Si](C)(C)C. The Kier molecular flexibility index (Phi) is 3.56. The molecule has 0 aromatic rings. The number of rotatable bonds is 2. The van der Waals surface area contributed by atoms with Crippen LogP contribution < -0.4 is 0 Å². The maximum Gasteiger partial charge on any atom is 0.0480 e. The zero-order valence-corrected chi connectivity index (χ0v) is 9.86. The van der Waals surface area contributed by atoms with E-state index >= 15 is 0 Å². The minimum Gasteiger partial charge on any atom is -0.0907 e. The van der Waals surface area contributed by atoms with Crippen LogP contribution in [0.15, 0.2) is 12.2 Å². The van der Waals surface area contributed by atoms with Crippen LogP contribution in [-0.4, -0.2) is 8.07 Å². The summed E-state index contributed by atoms with van der Waals surface area (Å²) in [6.45, 7) is 13.9. The van der Waals surface area contributed by atoms with E-state index in [2.05, 4.69) is 52.6 Å². The smallest absolute Gasteiger partial charge is 0.0480 e. The van der Waals surface area contributed by atoms with Crippen molar-refractivity contribution in [2.45, 2.75) is 46.5 Å². The lowest BCUT2D eigenvalue weighted by Crippen LogP contribution is -2.17. The van der Waals surface area contributed by atoms with E-state index in [1.54, 1.807) is 0 Å². The van der Waals surface area contributed by atoms with Gasteiger partial charge in [-0.3, -0.25) is 0 Å². The highest BCUT2D eigenvalue weighted by Crippen LogP contribution is 2.17. The molecule has 0 atom stereocenters. The van der Waals surface area contributed by atoms with Gasteiger partial charge in [0.15, 0.2) is 0 Å². The molecule has 0 radical (unpaired) electrons. The van der Waals surface area contributed by atoms with Gasteiger partial charge in [-0.05, 0) is 11.5 Å². The standard InChI is InChI=1S/C10H22Si/c1-10(2,3)8-7-9-11(4,5)6/h7-8H,9H2,1-6H3/b8-7-. The third-order valence-corrected chi connectivity index (χ3v) is 2.81. The van der Waals surface area contributed by atoms with Gasteiger partial charge in [0.2, 0.25) is 0 Å². The number of hydrogen-bond donors (Lipinski definition) is 0. The van der Waals surface area contributed by atoms with E-state index in [-0.39, 0.29) is 0 Å². The van der Waals surface area contributed by atoms with Crippen LogP contribution in [-0.2, 0) is 0 Å². The molecule has 0 nitrogen and oxygen atoms in total. The molecule has 0 N–H and O–H groups in total. The van der Waals surface area contributed by atoms with E-state index in [9.17, 15) is 0 Å². The van der Waals surface area contributed by atoms with Crippen molar-refractivity contribution in [3.05, 3.63) is 12.2 Å². The number of hydrogen-bond acceptors (Lipinski definition) is 0. The van der Waals surface area contributed by atoms with Crippen molar-refractivity contribution in [1.29, 1.82) is 0 Å². The van der Waals surface area contributed by atoms with Crippen LogP contribution in [0.3, 0.4) is 0 Å². The average molecular weight is 170 g/mol. The molecule has 0 rings (SSSR count). The second kappa shape index (κ2) is 3.57. The normalized spacial score (nSPS) is 14.4. The van der Waals surface area contributed by atoms with E-state index in [1.165, 1.54) is 6.04 Å². The summed E-state index contributed by atoms with van der Waals surface area (Å²) in [5.41, 5.74) is 0.361. The molecule has 0 saturated carbocycles. The highest BCUT2D eigenvalue weighted by molar-refractivity contribution is 6.76. The van der Waals surface area contributed by atoms with E-state index in [0.29, 0.717) is 5.41 Å². The molecule has 0 spiro atoms. The van der Waals surface area contributed by atoms with Gasteiger partial charge in [0.25, 0.3) is 0 Å². The van der Waals surface area contributed by atoms with Crippen LogP contribution >= 0.6 is 0 Å². The quantitative estimate of drug-likeness (QED) is 0.435. The van der Waals surface area contributed by atoms with Crippen molar-refractivity contribution in [3.63, 3.8) is 0 Å². The van der Waals surface area contributed by atoms with Crippen LogP contribution in [0.4, 0.5) is 0 Å². The lowest BCUT2D eigenvalue weighted by atomic mass is 9.97. The average Bonchev–Trinajstić information content (AvgIpc) is 1.55. The Labute approximate surface area is 72.7 Å². The molecule has 1 heteroatoms. The minimum atomic E-state index is -0.844. The molecule has 0 aliphatic rings. The Morgan fingerprint density at radius 2 is 1.55 bits per heavy atom. The molecule has 0 aliphatic carbocycles. The van der Waals surface area contributed by atoms with Crippen LogP contribution in [0.5, 0.6) is 0 Å². The zero-order valence-electron chi connectivity index (χ0n) is 8.86. The second-order valence-corrected chi connectivity index (χ2v) is 11.1. The van der Waals surface area contributed by atoms with Gasteiger partial charge < -0.3 is 0 Å². The van der Waals surface area contributed by atoms with Crippen LogP contribution in [0, 0.1) is 5.41 Å². The molecule has 0 saturated heterocycles. The first-order valence-corrected chi connectivity index (χ1v) is 8.09. The Bertz CT molecular complexity index is 132. The maximum absolute atomic E-state index is 2.40. The molecule has 0 aliphatic heterocycles. The van der Waals surface area contributed by atoms with E-state index in [1.807, 2.05) is 0 Å². The lowest BCUT2D eigenvalue weighted by molar-refractivity contribution is 0.543. The topological polar surface area (TPSA) is 0 Å². The summed E-state index contributed by atoms with van der Waals surface area (Å²) in [7, 11) is -0.844. The summed E-state index contributed by atoms with van der Waals surface area (Å²) >= 11 is 0. The second-order valence-electron chi connectivity index (χ2n) is 5.53. The first-order valence-electron chi connectivity index (χ1n) is 4.38. The minimum absolute atomic E-state index is 0.361. The molecule has 66 valence electrons. The van der Waals surface area contributed by atoms with Crippen molar-refractivity contribution in [1.82, 2.24) is 0 Å². The molecule has 11 heavy (non-hydrogen) atoms. The fourth-order valence-corrected chi connectivity index (χ4v) is 1.59. The van der Waals surface area contributed by atoms with Gasteiger partial charge in [-0.15, -0.1) is 0 Å². The molecular formula is C10H22Si. The predicted molar refractivity (Wildman–Crippen MR) is 56.7 cm³/mol. The fourth-order valence-electron chi connectivity index (χ4n) is 0.766. The molecule has 0 unspecified atom stereocenters. The Balaban J connectivity index is 3.80. The van der Waals surface area contributed by atoms with Crippen molar-refractivity contribution >= 4 is 8.07 Å². The molecule has 0 bridgehead atoms. The summed E-state index contributed by atoms with van der Waals surface area (Å²) in [5.74, 6) is 0. The monoisotopic (exact) mass is 170 g/mol. The van der Waals surface area contributed by atoms with Gasteiger partial charge in [-0.1, -0.05) is 52.6 Å². The predicted octanol–water partition coefficient (Wildman–Crippen LogP) is 3.93. The Morgan fingerprint density at radius 1 is 1.09 bits per heavy atom. The molecule has 0 heterocycles. The molecule has 0 aromatic heterocycles. The Morgan fingerprint density at radius 3 is 1.82 bits per heavy atom. The van der Waals surface area contributed by atoms with Gasteiger partial charge >= 0.3 is 0 Å². The summed E-state index contributed by atoms with van der Waals surface area (Å²) in [6, 6.07) is 1.31. The van der Waals surface area contributed by atoms with Crippen LogP contribution in [0.25, 0.3) is 0 Å². The van der Waals surface area contributed by atoms with Crippen molar-refractivity contribution < 1.29 is 0 Å². The fraction of sp³-hybridized carbons (Fsp3) is 0.800. The van der Waals surface area contributed by atoms with Gasteiger partial charge in [0.05, 0.1) is 0 Å². The Hall–Kier alpha value is -0.0431. The number of allylic oxidation sites excluding steroid dienone is 2. The third-order valence-electron chi connectivity index (χ3n) is 1.35. The van der Waals surface area contributed by atoms with Gasteiger partial charge in [0, 0.05) is 8.07 Å². The van der Waals surface area contributed by atoms with Crippen molar-refractivity contribution in [2.24, 2.45) is 5.41 Å². The van der Waals surface area contributed by atoms with E-state index in [0.717, 1.165) is 0 Å². The maximum atomic E-state index is 2.40. The first kappa shape index (κ1) is 11.0. The zero-order chi connectivity index (χ0) is 9.12. The summed E-state index contributed by atoms with van der Waals surface area (Å²) in [6.07, 6.45) is 4.68. The molecular weight excluding hydrogens is 148 g/mol. The highest BCUT2D eigenvalue weighted by atomic mass is 28.3. The van der Waals surface area contributed by atoms with Crippen LogP contribution in [0.1, 0.15) is 20.8 Å². The van der Waals surface area contributed by atoms with E-state index < -0.39 is 8.07 Å². The summed E-state index contributed by atoms with van der Waals surface area (Å²) in [5, 5.41) is 0. The van der Waals surface area contributed by atoms with E-state index in [4.69, 9.17) is 0 Å². The molecule has 0 aromatic carbocycles. The van der Waals surface area contributed by atoms with Gasteiger partial charge in [0.1, 0.15) is 0 Å². The third kappa shape index (κ3) is 9.96. The summed E-state index contributed by atoms with van der Waals surface area (Å²) in [4.78, 5) is 0. The van der Waals surface area contributed by atoms with Crippen molar-refractivity contribution in [2.75, 3.05) is 0 Å². The van der Waals surface area contributed by atoms with Gasteiger partial charge in [-0.25, -0.2) is 0 Å². The molecule has 0 fully saturated rings. The van der Waals surface area contributed by atoms with Crippen molar-refractivity contribution in [3.8, 4) is 0 Å². The largest absolute Gasteiger partial charge is 0.0907 e. The van der Waals surface area contributed by atoms with Crippen LogP contribution in [0.2, 0.25) is 25.7 Å². The first-order chi connectivity index (χ1) is 4.71.